The second-order valence-corrected chi connectivity index (χ2v) is 13.6. The van der Waals surface area contributed by atoms with Gasteiger partial charge in [-0.15, -0.1) is 0 Å². The predicted molar refractivity (Wildman–Crippen MR) is 160 cm³/mol. The number of rotatable bonds is 7. The zero-order valence-corrected chi connectivity index (χ0v) is 25.2. The topological polar surface area (TPSA) is 165 Å². The van der Waals surface area contributed by atoms with Crippen LogP contribution in [0.4, 0.5) is 17.1 Å². The summed E-state index contributed by atoms with van der Waals surface area (Å²) in [5, 5.41) is 8.53. The lowest BCUT2D eigenvalue weighted by Gasteiger charge is -2.14. The van der Waals surface area contributed by atoms with Crippen LogP contribution in [0, 0.1) is 20.8 Å². The van der Waals surface area contributed by atoms with Crippen LogP contribution in [0.5, 0.6) is 0 Å². The predicted octanol–water partition coefficient (Wildman–Crippen LogP) is 4.87. The molecular weight excluding hydrogens is 618 g/mol. The van der Waals surface area contributed by atoms with E-state index in [-0.39, 0.29) is 4.90 Å². The lowest BCUT2D eigenvalue weighted by Crippen LogP contribution is -2.12. The zero-order chi connectivity index (χ0) is 29.0. The minimum absolute atomic E-state index is 0.00972. The van der Waals surface area contributed by atoms with E-state index in [1.165, 1.54) is 12.1 Å². The van der Waals surface area contributed by atoms with Crippen LogP contribution < -0.4 is 15.2 Å². The number of nitrogens with zero attached hydrogens (tertiary/aromatic N) is 3. The minimum atomic E-state index is -3.86. The number of aromatic nitrogens is 4. The molecule has 40 heavy (non-hydrogen) atoms. The monoisotopic (exact) mass is 643 g/mol. The van der Waals surface area contributed by atoms with Gasteiger partial charge in [0, 0.05) is 40.2 Å². The van der Waals surface area contributed by atoms with Crippen molar-refractivity contribution in [2.24, 2.45) is 5.14 Å². The van der Waals surface area contributed by atoms with Crippen molar-refractivity contribution in [2.45, 2.75) is 25.7 Å². The number of nitrogens with one attached hydrogen (secondary N) is 3. The molecule has 0 saturated heterocycles. The number of fused-ring (bicyclic) bond motifs is 1. The summed E-state index contributed by atoms with van der Waals surface area (Å²) < 4.78 is 52.2. The highest BCUT2D eigenvalue weighted by atomic mass is 79.9. The minimum Gasteiger partial charge on any atom is -0.353 e. The number of nitrogens with two attached hydrogens (primary N) is 1. The Bertz CT molecular complexity index is 2020. The molecule has 0 amide bonds. The van der Waals surface area contributed by atoms with Crippen molar-refractivity contribution in [3.8, 4) is 17.1 Å². The van der Waals surface area contributed by atoms with E-state index in [2.05, 4.69) is 40.5 Å². The largest absolute Gasteiger partial charge is 0.353 e. The maximum Gasteiger partial charge on any atom is 0.238 e. The van der Waals surface area contributed by atoms with Gasteiger partial charge in [-0.05, 0) is 84.7 Å². The van der Waals surface area contributed by atoms with Crippen molar-refractivity contribution < 1.29 is 16.8 Å². The third-order valence-electron chi connectivity index (χ3n) is 6.33. The number of aryl methyl sites for hydroxylation is 2. The molecule has 3 aromatic heterocycles. The van der Waals surface area contributed by atoms with Crippen LogP contribution in [0.15, 0.2) is 64.1 Å². The molecule has 0 bridgehead atoms. The van der Waals surface area contributed by atoms with Crippen LogP contribution in [-0.4, -0.2) is 42.6 Å². The standard InChI is InChI=1S/C26H26BrN7O4S2/c1-14-10-18(33-39(4,35)36)8-9-22(14)34-15(2)11-20(16(34)3)25-31-24-23(21(27)13-29-26(24)32-25)30-17-6-5-7-19(12-17)40(28,37)38/h5-13,33H,1-4H3,(H2,28,37,38)(H2,29,30,31,32). The first kappa shape index (κ1) is 27.8. The van der Waals surface area contributed by atoms with Gasteiger partial charge in [0.2, 0.25) is 20.0 Å². The molecule has 0 fully saturated rings. The number of sulfonamides is 2. The van der Waals surface area contributed by atoms with Crippen molar-refractivity contribution in [3.05, 3.63) is 76.2 Å². The average molecular weight is 645 g/mol. The summed E-state index contributed by atoms with van der Waals surface area (Å²) in [6.07, 6.45) is 2.75. The van der Waals surface area contributed by atoms with E-state index in [0.717, 1.165) is 34.5 Å². The van der Waals surface area contributed by atoms with Crippen LogP contribution in [-0.2, 0) is 20.0 Å². The van der Waals surface area contributed by atoms with Gasteiger partial charge in [-0.25, -0.2) is 31.9 Å². The van der Waals surface area contributed by atoms with Gasteiger partial charge in [0.1, 0.15) is 11.3 Å². The number of H-pyrrole nitrogens is 1. The van der Waals surface area contributed by atoms with E-state index in [1.807, 2.05) is 32.9 Å². The SMILES string of the molecule is Cc1cc(NS(C)(=O)=O)ccc1-n1c(C)cc(-c2nc3c(Nc4cccc(S(N)(=O)=O)c4)c(Br)cnc3[nH]2)c1C. The third-order valence-corrected chi connectivity index (χ3v) is 8.45. The van der Waals surface area contributed by atoms with Crippen molar-refractivity contribution in [1.29, 1.82) is 0 Å². The summed E-state index contributed by atoms with van der Waals surface area (Å²) in [6.45, 7) is 5.90. The van der Waals surface area contributed by atoms with Crippen LogP contribution in [0.25, 0.3) is 28.2 Å². The van der Waals surface area contributed by atoms with Crippen molar-refractivity contribution in [3.63, 3.8) is 0 Å². The van der Waals surface area contributed by atoms with E-state index < -0.39 is 20.0 Å². The fraction of sp³-hybridized carbons (Fsp3) is 0.154. The lowest BCUT2D eigenvalue weighted by atomic mass is 10.1. The number of anilines is 3. The fourth-order valence-corrected chi connectivity index (χ4v) is 6.13. The Morgan fingerprint density at radius 2 is 1.75 bits per heavy atom. The average Bonchev–Trinajstić information content (AvgIpc) is 3.40. The van der Waals surface area contributed by atoms with Gasteiger partial charge < -0.3 is 14.9 Å². The van der Waals surface area contributed by atoms with Crippen molar-refractivity contribution in [2.75, 3.05) is 16.3 Å². The molecule has 2 aromatic carbocycles. The molecule has 0 spiro atoms. The molecule has 0 atom stereocenters. The lowest BCUT2D eigenvalue weighted by molar-refractivity contribution is 0.597. The molecule has 0 unspecified atom stereocenters. The molecule has 0 saturated carbocycles. The molecule has 0 radical (unpaired) electrons. The quantitative estimate of drug-likeness (QED) is 0.196. The highest BCUT2D eigenvalue weighted by Crippen LogP contribution is 2.35. The molecular formula is C26H26BrN7O4S2. The first-order chi connectivity index (χ1) is 18.7. The summed E-state index contributed by atoms with van der Waals surface area (Å²) in [7, 11) is -7.25. The van der Waals surface area contributed by atoms with Crippen LogP contribution in [0.1, 0.15) is 17.0 Å². The second kappa shape index (κ2) is 10.0. The van der Waals surface area contributed by atoms with E-state index >= 15 is 0 Å². The number of hydrogen-bond donors (Lipinski definition) is 4. The van der Waals surface area contributed by atoms with Gasteiger partial charge in [-0.2, -0.15) is 0 Å². The van der Waals surface area contributed by atoms with Crippen LogP contribution in [0.3, 0.4) is 0 Å². The molecule has 208 valence electrons. The van der Waals surface area contributed by atoms with Gasteiger partial charge in [0.15, 0.2) is 5.65 Å². The van der Waals surface area contributed by atoms with Gasteiger partial charge in [-0.3, -0.25) is 4.72 Å². The van der Waals surface area contributed by atoms with E-state index in [4.69, 9.17) is 10.1 Å². The number of imidazole rings is 1. The van der Waals surface area contributed by atoms with Crippen LogP contribution >= 0.6 is 15.9 Å². The zero-order valence-electron chi connectivity index (χ0n) is 21.9. The Balaban J connectivity index is 1.55. The van der Waals surface area contributed by atoms with Crippen molar-refractivity contribution >= 4 is 64.2 Å². The summed E-state index contributed by atoms with van der Waals surface area (Å²) in [5.74, 6) is 0.606. The van der Waals surface area contributed by atoms with Gasteiger partial charge in [0.25, 0.3) is 0 Å². The summed E-state index contributed by atoms with van der Waals surface area (Å²) in [6, 6.07) is 13.6. The fourth-order valence-electron chi connectivity index (χ4n) is 4.63. The number of aromatic amines is 1. The van der Waals surface area contributed by atoms with E-state index in [0.29, 0.717) is 38.5 Å². The molecule has 5 aromatic rings. The molecule has 3 heterocycles. The van der Waals surface area contributed by atoms with Crippen molar-refractivity contribution in [1.82, 2.24) is 19.5 Å². The van der Waals surface area contributed by atoms with E-state index in [9.17, 15) is 16.8 Å². The summed E-state index contributed by atoms with van der Waals surface area (Å²) in [5.41, 5.74) is 7.29. The Kier molecular flexibility index (Phi) is 6.98. The second-order valence-electron chi connectivity index (χ2n) is 9.46. The number of primary sulfonamides is 1. The maximum absolute atomic E-state index is 11.8. The number of halogens is 1. The third kappa shape index (κ3) is 5.47. The molecule has 0 aliphatic carbocycles. The maximum atomic E-state index is 11.8. The molecule has 11 nitrogen and oxygen atoms in total. The van der Waals surface area contributed by atoms with Gasteiger partial charge in [0.05, 0.1) is 21.3 Å². The highest BCUT2D eigenvalue weighted by Gasteiger charge is 2.20. The van der Waals surface area contributed by atoms with Crippen LogP contribution in [0.2, 0.25) is 0 Å². The Labute approximate surface area is 240 Å². The summed E-state index contributed by atoms with van der Waals surface area (Å²) in [4.78, 5) is 12.6. The molecule has 5 N–H and O–H groups in total. The summed E-state index contributed by atoms with van der Waals surface area (Å²) >= 11 is 3.52. The highest BCUT2D eigenvalue weighted by molar-refractivity contribution is 9.10. The Hall–Kier alpha value is -3.72. The smallest absolute Gasteiger partial charge is 0.238 e. The first-order valence-electron chi connectivity index (χ1n) is 11.9. The molecule has 14 heteroatoms. The van der Waals surface area contributed by atoms with E-state index in [1.54, 1.807) is 30.5 Å². The molecule has 0 aliphatic rings. The number of pyridine rings is 1. The Morgan fingerprint density at radius 3 is 2.42 bits per heavy atom. The number of benzene rings is 2. The molecule has 5 rings (SSSR count). The molecule has 0 aliphatic heterocycles. The Morgan fingerprint density at radius 1 is 1.00 bits per heavy atom. The normalized spacial score (nSPS) is 12.2. The van der Waals surface area contributed by atoms with Gasteiger partial charge in [-0.1, -0.05) is 6.07 Å². The van der Waals surface area contributed by atoms with Gasteiger partial charge >= 0.3 is 0 Å². The number of hydrogen-bond acceptors (Lipinski definition) is 7. The first-order valence-corrected chi connectivity index (χ1v) is 16.2.